The van der Waals surface area contributed by atoms with E-state index in [1.165, 1.54) is 42.7 Å². The zero-order valence-electron chi connectivity index (χ0n) is 14.2. The summed E-state index contributed by atoms with van der Waals surface area (Å²) in [6.07, 6.45) is 11.5. The van der Waals surface area contributed by atoms with Crippen LogP contribution in [0, 0.1) is 11.8 Å². The van der Waals surface area contributed by atoms with Crippen molar-refractivity contribution in [3.63, 3.8) is 0 Å². The van der Waals surface area contributed by atoms with Gasteiger partial charge in [-0.1, -0.05) is 38.5 Å². The molecule has 3 fully saturated rings. The predicted octanol–water partition coefficient (Wildman–Crippen LogP) is 2.23. The van der Waals surface area contributed by atoms with Crippen molar-refractivity contribution < 1.29 is 13.2 Å². The zero-order chi connectivity index (χ0) is 16.4. The number of carbonyl (C=O) groups is 1. The Morgan fingerprint density at radius 3 is 2.26 bits per heavy atom. The van der Waals surface area contributed by atoms with Crippen LogP contribution >= 0.6 is 0 Å². The SMILES string of the molecule is CS(=O)(=O)N1CCCCC1C(=O)N1CCC(C2CCCCC2)C1. The van der Waals surface area contributed by atoms with Gasteiger partial charge in [0, 0.05) is 19.6 Å². The monoisotopic (exact) mass is 342 g/mol. The van der Waals surface area contributed by atoms with E-state index in [-0.39, 0.29) is 5.91 Å². The quantitative estimate of drug-likeness (QED) is 0.790. The fourth-order valence-corrected chi connectivity index (χ4v) is 5.86. The summed E-state index contributed by atoms with van der Waals surface area (Å²) in [5, 5.41) is 0. The van der Waals surface area contributed by atoms with Crippen molar-refractivity contribution in [2.24, 2.45) is 11.8 Å². The van der Waals surface area contributed by atoms with Crippen LogP contribution in [0.25, 0.3) is 0 Å². The molecule has 0 spiro atoms. The van der Waals surface area contributed by atoms with E-state index in [1.54, 1.807) is 0 Å². The maximum Gasteiger partial charge on any atom is 0.241 e. The molecule has 5 nitrogen and oxygen atoms in total. The molecular formula is C17H30N2O3S. The van der Waals surface area contributed by atoms with Crippen molar-refractivity contribution in [2.75, 3.05) is 25.9 Å². The molecule has 0 radical (unpaired) electrons. The molecule has 2 atom stereocenters. The van der Waals surface area contributed by atoms with Gasteiger partial charge < -0.3 is 4.90 Å². The van der Waals surface area contributed by atoms with Crippen LogP contribution in [0.15, 0.2) is 0 Å². The largest absolute Gasteiger partial charge is 0.341 e. The molecule has 0 aromatic carbocycles. The number of sulfonamides is 1. The normalized spacial score (nSPS) is 31.4. The third-order valence-corrected chi connectivity index (χ3v) is 7.31. The number of hydrogen-bond donors (Lipinski definition) is 0. The lowest BCUT2D eigenvalue weighted by molar-refractivity contribution is -0.135. The van der Waals surface area contributed by atoms with Crippen molar-refractivity contribution in [2.45, 2.75) is 63.8 Å². The molecule has 0 N–H and O–H groups in total. The molecule has 1 amide bonds. The molecule has 0 aromatic heterocycles. The number of piperidine rings is 1. The summed E-state index contributed by atoms with van der Waals surface area (Å²) < 4.78 is 25.4. The topological polar surface area (TPSA) is 57.7 Å². The van der Waals surface area contributed by atoms with E-state index in [9.17, 15) is 13.2 Å². The molecule has 3 aliphatic rings. The predicted molar refractivity (Wildman–Crippen MR) is 90.5 cm³/mol. The minimum absolute atomic E-state index is 0.0495. The first-order valence-electron chi connectivity index (χ1n) is 9.22. The number of amides is 1. The Kier molecular flexibility index (Phi) is 5.31. The summed E-state index contributed by atoms with van der Waals surface area (Å²) in [6.45, 7) is 2.15. The first kappa shape index (κ1) is 17.2. The lowest BCUT2D eigenvalue weighted by atomic mass is 9.80. The molecule has 2 saturated heterocycles. The molecular weight excluding hydrogens is 312 g/mol. The van der Waals surface area contributed by atoms with Crippen molar-refractivity contribution in [1.29, 1.82) is 0 Å². The minimum atomic E-state index is -3.30. The van der Waals surface area contributed by atoms with Crippen molar-refractivity contribution in [3.05, 3.63) is 0 Å². The first-order chi connectivity index (χ1) is 11.0. The highest BCUT2D eigenvalue weighted by Gasteiger charge is 2.40. The van der Waals surface area contributed by atoms with Crippen LogP contribution in [0.4, 0.5) is 0 Å². The van der Waals surface area contributed by atoms with Crippen molar-refractivity contribution in [3.8, 4) is 0 Å². The van der Waals surface area contributed by atoms with E-state index in [2.05, 4.69) is 0 Å². The summed E-state index contributed by atoms with van der Waals surface area (Å²) in [7, 11) is -3.30. The molecule has 1 saturated carbocycles. The molecule has 2 unspecified atom stereocenters. The summed E-state index contributed by atoms with van der Waals surface area (Å²) in [6, 6.07) is -0.455. The Balaban J connectivity index is 1.63. The average molecular weight is 343 g/mol. The molecule has 132 valence electrons. The number of nitrogens with zero attached hydrogens (tertiary/aromatic N) is 2. The molecule has 2 heterocycles. The lowest BCUT2D eigenvalue weighted by Gasteiger charge is -2.35. The number of hydrogen-bond acceptors (Lipinski definition) is 3. The maximum absolute atomic E-state index is 12.9. The van der Waals surface area contributed by atoms with Gasteiger partial charge in [-0.3, -0.25) is 4.79 Å². The van der Waals surface area contributed by atoms with Crippen LogP contribution in [0.3, 0.4) is 0 Å². The second kappa shape index (κ2) is 7.09. The number of carbonyl (C=O) groups excluding carboxylic acids is 1. The smallest absolute Gasteiger partial charge is 0.241 e. The highest BCUT2D eigenvalue weighted by Crippen LogP contribution is 2.35. The fraction of sp³-hybridized carbons (Fsp3) is 0.941. The third-order valence-electron chi connectivity index (χ3n) is 6.02. The first-order valence-corrected chi connectivity index (χ1v) is 11.1. The van der Waals surface area contributed by atoms with Gasteiger partial charge in [0.25, 0.3) is 0 Å². The molecule has 2 aliphatic heterocycles. The van der Waals surface area contributed by atoms with Gasteiger partial charge in [-0.15, -0.1) is 0 Å². The van der Waals surface area contributed by atoms with Crippen LogP contribution in [0.2, 0.25) is 0 Å². The summed E-state index contributed by atoms with van der Waals surface area (Å²) in [5.74, 6) is 1.46. The summed E-state index contributed by atoms with van der Waals surface area (Å²) in [4.78, 5) is 14.9. The van der Waals surface area contributed by atoms with E-state index in [0.717, 1.165) is 38.3 Å². The van der Waals surface area contributed by atoms with E-state index in [4.69, 9.17) is 0 Å². The van der Waals surface area contributed by atoms with Gasteiger partial charge in [-0.05, 0) is 31.1 Å². The third kappa shape index (κ3) is 3.90. The van der Waals surface area contributed by atoms with Gasteiger partial charge >= 0.3 is 0 Å². The minimum Gasteiger partial charge on any atom is -0.341 e. The Morgan fingerprint density at radius 2 is 1.57 bits per heavy atom. The number of likely N-dealkylation sites (tertiary alicyclic amines) is 1. The second-order valence-electron chi connectivity index (χ2n) is 7.62. The van der Waals surface area contributed by atoms with Crippen LogP contribution < -0.4 is 0 Å². The average Bonchev–Trinajstić information content (AvgIpc) is 3.04. The molecule has 0 aromatic rings. The van der Waals surface area contributed by atoms with Crippen LogP contribution in [-0.4, -0.2) is 55.5 Å². The van der Waals surface area contributed by atoms with Crippen molar-refractivity contribution >= 4 is 15.9 Å². The van der Waals surface area contributed by atoms with E-state index >= 15 is 0 Å². The standard InChI is InChI=1S/C17H30N2O3S/c1-23(21,22)19-11-6-5-9-16(19)17(20)18-12-10-15(13-18)14-7-3-2-4-8-14/h14-16H,2-13H2,1H3. The van der Waals surface area contributed by atoms with Gasteiger partial charge in [0.05, 0.1) is 6.26 Å². The zero-order valence-corrected chi connectivity index (χ0v) is 15.1. The van der Waals surface area contributed by atoms with Crippen molar-refractivity contribution in [1.82, 2.24) is 9.21 Å². The Bertz CT molecular complexity index is 528. The highest BCUT2D eigenvalue weighted by molar-refractivity contribution is 7.88. The van der Waals surface area contributed by atoms with Crippen LogP contribution in [0.1, 0.15) is 57.8 Å². The molecule has 1 aliphatic carbocycles. The fourth-order valence-electron chi connectivity index (χ4n) is 4.74. The number of rotatable bonds is 3. The second-order valence-corrected chi connectivity index (χ2v) is 9.55. The van der Waals surface area contributed by atoms with E-state index in [1.807, 2.05) is 4.90 Å². The van der Waals surface area contributed by atoms with Crippen LogP contribution in [-0.2, 0) is 14.8 Å². The van der Waals surface area contributed by atoms with E-state index in [0.29, 0.717) is 18.9 Å². The van der Waals surface area contributed by atoms with Gasteiger partial charge in [-0.2, -0.15) is 4.31 Å². The highest BCUT2D eigenvalue weighted by atomic mass is 32.2. The van der Waals surface area contributed by atoms with Gasteiger partial charge in [0.2, 0.25) is 15.9 Å². The molecule has 0 bridgehead atoms. The lowest BCUT2D eigenvalue weighted by Crippen LogP contribution is -2.52. The van der Waals surface area contributed by atoms with Gasteiger partial charge in [0.15, 0.2) is 0 Å². The summed E-state index contributed by atoms with van der Waals surface area (Å²) >= 11 is 0. The molecule has 23 heavy (non-hydrogen) atoms. The molecule has 3 rings (SSSR count). The van der Waals surface area contributed by atoms with Gasteiger partial charge in [0.1, 0.15) is 6.04 Å². The van der Waals surface area contributed by atoms with Gasteiger partial charge in [-0.25, -0.2) is 8.42 Å². The summed E-state index contributed by atoms with van der Waals surface area (Å²) in [5.41, 5.74) is 0. The van der Waals surface area contributed by atoms with Crippen LogP contribution in [0.5, 0.6) is 0 Å². The van der Waals surface area contributed by atoms with E-state index < -0.39 is 16.1 Å². The Labute approximate surface area is 140 Å². The molecule has 6 heteroatoms. The maximum atomic E-state index is 12.9. The Morgan fingerprint density at radius 1 is 0.870 bits per heavy atom. The Hall–Kier alpha value is -0.620.